The van der Waals surface area contributed by atoms with Gasteiger partial charge in [0.25, 0.3) is 0 Å². The van der Waals surface area contributed by atoms with Crippen LogP contribution in [0.4, 0.5) is 4.79 Å². The standard InChI is InChI=1S/C19H27N3O3/c1-13-3-5-17-15(11-13)16-12-14(4-6-18(16)22-17)21-19(24)20-7-2-9-25-10-8-23/h3,5,11,14,22-23H,2,4,6-10,12H2,1H3,(H2,20,21,24). The lowest BCUT2D eigenvalue weighted by molar-refractivity contribution is 0.0909. The van der Waals surface area contributed by atoms with E-state index in [1.807, 2.05) is 0 Å². The Hall–Kier alpha value is -2.05. The first-order chi connectivity index (χ1) is 12.2. The summed E-state index contributed by atoms with van der Waals surface area (Å²) in [4.78, 5) is 15.6. The number of carbonyl (C=O) groups is 1. The van der Waals surface area contributed by atoms with Crippen LogP contribution >= 0.6 is 0 Å². The van der Waals surface area contributed by atoms with Crippen molar-refractivity contribution in [2.45, 2.75) is 38.6 Å². The number of aryl methyl sites for hydroxylation is 2. The smallest absolute Gasteiger partial charge is 0.315 e. The third kappa shape index (κ3) is 4.52. The lowest BCUT2D eigenvalue weighted by Gasteiger charge is -2.24. The molecule has 2 aromatic rings. The zero-order chi connectivity index (χ0) is 17.6. The number of urea groups is 1. The van der Waals surface area contributed by atoms with Crippen molar-refractivity contribution in [1.82, 2.24) is 15.6 Å². The molecule has 1 atom stereocenters. The van der Waals surface area contributed by atoms with Crippen LogP contribution in [0.5, 0.6) is 0 Å². The van der Waals surface area contributed by atoms with Crippen molar-refractivity contribution in [2.75, 3.05) is 26.4 Å². The van der Waals surface area contributed by atoms with Crippen molar-refractivity contribution in [1.29, 1.82) is 0 Å². The van der Waals surface area contributed by atoms with Crippen molar-refractivity contribution >= 4 is 16.9 Å². The Morgan fingerprint density at radius 2 is 2.28 bits per heavy atom. The van der Waals surface area contributed by atoms with Crippen LogP contribution in [0.1, 0.15) is 29.7 Å². The molecule has 0 bridgehead atoms. The highest BCUT2D eigenvalue weighted by Crippen LogP contribution is 2.29. The van der Waals surface area contributed by atoms with Gasteiger partial charge in [-0.05, 0) is 50.3 Å². The van der Waals surface area contributed by atoms with Crippen molar-refractivity contribution in [3.8, 4) is 0 Å². The Kier molecular flexibility index (Phi) is 5.94. The number of H-pyrrole nitrogens is 1. The second kappa shape index (κ2) is 8.36. The van der Waals surface area contributed by atoms with E-state index in [4.69, 9.17) is 9.84 Å². The zero-order valence-corrected chi connectivity index (χ0v) is 14.7. The van der Waals surface area contributed by atoms with E-state index in [1.165, 1.54) is 27.7 Å². The molecule has 6 heteroatoms. The molecule has 3 rings (SSSR count). The SMILES string of the molecule is Cc1ccc2[nH]c3c(c2c1)CC(NC(=O)NCCCOCCO)CC3. The number of fused-ring (bicyclic) bond motifs is 3. The fraction of sp³-hybridized carbons (Fsp3) is 0.526. The Bertz CT molecular complexity index is 726. The fourth-order valence-corrected chi connectivity index (χ4v) is 3.43. The number of hydrogen-bond donors (Lipinski definition) is 4. The summed E-state index contributed by atoms with van der Waals surface area (Å²) in [6, 6.07) is 6.53. The minimum Gasteiger partial charge on any atom is -0.394 e. The molecule has 1 aromatic carbocycles. The number of ether oxygens (including phenoxy) is 1. The molecule has 0 saturated carbocycles. The van der Waals surface area contributed by atoms with Gasteiger partial charge in [-0.1, -0.05) is 11.6 Å². The number of hydrogen-bond acceptors (Lipinski definition) is 3. The van der Waals surface area contributed by atoms with Crippen LogP contribution in [0, 0.1) is 6.92 Å². The average Bonchev–Trinajstić information content (AvgIpc) is 2.95. The minimum atomic E-state index is -0.119. The van der Waals surface area contributed by atoms with Gasteiger partial charge in [-0.25, -0.2) is 4.79 Å². The first-order valence-electron chi connectivity index (χ1n) is 9.00. The van der Waals surface area contributed by atoms with E-state index < -0.39 is 0 Å². The molecular weight excluding hydrogens is 318 g/mol. The summed E-state index contributed by atoms with van der Waals surface area (Å²) in [6.07, 6.45) is 3.52. The summed E-state index contributed by atoms with van der Waals surface area (Å²) in [5.41, 5.74) is 5.09. The molecule has 0 saturated heterocycles. The lowest BCUT2D eigenvalue weighted by Crippen LogP contribution is -2.44. The number of aromatic amines is 1. The average molecular weight is 345 g/mol. The van der Waals surface area contributed by atoms with Crippen LogP contribution in [0.15, 0.2) is 18.2 Å². The second-order valence-electron chi connectivity index (χ2n) is 6.66. The highest BCUT2D eigenvalue weighted by molar-refractivity contribution is 5.86. The van der Waals surface area contributed by atoms with Gasteiger partial charge >= 0.3 is 6.03 Å². The van der Waals surface area contributed by atoms with Crippen LogP contribution < -0.4 is 10.6 Å². The predicted octanol–water partition coefficient (Wildman–Crippen LogP) is 2.03. The molecule has 1 unspecified atom stereocenters. The van der Waals surface area contributed by atoms with Crippen LogP contribution in [-0.4, -0.2) is 48.5 Å². The van der Waals surface area contributed by atoms with Gasteiger partial charge in [0.15, 0.2) is 0 Å². The number of nitrogens with one attached hydrogen (secondary N) is 3. The summed E-state index contributed by atoms with van der Waals surface area (Å²) in [5.74, 6) is 0. The lowest BCUT2D eigenvalue weighted by atomic mass is 9.91. The molecule has 1 aliphatic rings. The highest BCUT2D eigenvalue weighted by Gasteiger charge is 2.23. The first kappa shape index (κ1) is 17.8. The molecule has 0 fully saturated rings. The fourth-order valence-electron chi connectivity index (χ4n) is 3.43. The van der Waals surface area contributed by atoms with Crippen molar-refractivity contribution < 1.29 is 14.6 Å². The minimum absolute atomic E-state index is 0.0327. The second-order valence-corrected chi connectivity index (χ2v) is 6.66. The van der Waals surface area contributed by atoms with Gasteiger partial charge in [0.2, 0.25) is 0 Å². The molecule has 0 spiro atoms. The monoisotopic (exact) mass is 345 g/mol. The van der Waals surface area contributed by atoms with Gasteiger partial charge in [0.1, 0.15) is 0 Å². The number of benzene rings is 1. The molecule has 0 radical (unpaired) electrons. The van der Waals surface area contributed by atoms with Gasteiger partial charge < -0.3 is 25.5 Å². The predicted molar refractivity (Wildman–Crippen MR) is 97.9 cm³/mol. The van der Waals surface area contributed by atoms with Gasteiger partial charge in [0, 0.05) is 35.8 Å². The van der Waals surface area contributed by atoms with Crippen LogP contribution in [0.3, 0.4) is 0 Å². The number of aliphatic hydroxyl groups is 1. The van der Waals surface area contributed by atoms with E-state index in [0.717, 1.165) is 25.7 Å². The van der Waals surface area contributed by atoms with Gasteiger partial charge in [0.05, 0.1) is 13.2 Å². The third-order valence-corrected chi connectivity index (χ3v) is 4.67. The van der Waals surface area contributed by atoms with E-state index in [9.17, 15) is 4.79 Å². The van der Waals surface area contributed by atoms with E-state index in [0.29, 0.717) is 19.8 Å². The maximum absolute atomic E-state index is 12.1. The van der Waals surface area contributed by atoms with Gasteiger partial charge in [-0.3, -0.25) is 0 Å². The summed E-state index contributed by atoms with van der Waals surface area (Å²) in [6.45, 7) is 3.60. The molecular formula is C19H27N3O3. The summed E-state index contributed by atoms with van der Waals surface area (Å²) < 4.78 is 5.17. The van der Waals surface area contributed by atoms with Crippen LogP contribution in [0.2, 0.25) is 0 Å². The Morgan fingerprint density at radius 3 is 3.12 bits per heavy atom. The molecule has 4 N–H and O–H groups in total. The maximum atomic E-state index is 12.1. The Morgan fingerprint density at radius 1 is 1.40 bits per heavy atom. The van der Waals surface area contributed by atoms with Crippen LogP contribution in [-0.2, 0) is 17.6 Å². The topological polar surface area (TPSA) is 86.4 Å². The molecule has 0 aliphatic heterocycles. The summed E-state index contributed by atoms with van der Waals surface area (Å²) in [7, 11) is 0. The summed E-state index contributed by atoms with van der Waals surface area (Å²) >= 11 is 0. The van der Waals surface area contributed by atoms with Crippen molar-refractivity contribution in [3.63, 3.8) is 0 Å². The zero-order valence-electron chi connectivity index (χ0n) is 14.7. The third-order valence-electron chi connectivity index (χ3n) is 4.67. The Balaban J connectivity index is 1.50. The molecule has 2 amide bonds. The van der Waals surface area contributed by atoms with Crippen molar-refractivity contribution in [3.05, 3.63) is 35.0 Å². The number of amides is 2. The number of aliphatic hydroxyl groups excluding tert-OH is 1. The number of carbonyl (C=O) groups excluding carboxylic acids is 1. The molecule has 25 heavy (non-hydrogen) atoms. The quantitative estimate of drug-likeness (QED) is 0.579. The van der Waals surface area contributed by atoms with E-state index in [1.54, 1.807) is 0 Å². The molecule has 6 nitrogen and oxygen atoms in total. The van der Waals surface area contributed by atoms with E-state index >= 15 is 0 Å². The van der Waals surface area contributed by atoms with E-state index in [-0.39, 0.29) is 18.7 Å². The first-order valence-corrected chi connectivity index (χ1v) is 9.00. The molecule has 136 valence electrons. The highest BCUT2D eigenvalue weighted by atomic mass is 16.5. The molecule has 1 aliphatic carbocycles. The Labute approximate surface area is 147 Å². The molecule has 1 heterocycles. The van der Waals surface area contributed by atoms with Gasteiger partial charge in [-0.15, -0.1) is 0 Å². The molecule has 1 aromatic heterocycles. The van der Waals surface area contributed by atoms with Crippen molar-refractivity contribution in [2.24, 2.45) is 0 Å². The van der Waals surface area contributed by atoms with Gasteiger partial charge in [-0.2, -0.15) is 0 Å². The normalized spacial score (nSPS) is 16.6. The maximum Gasteiger partial charge on any atom is 0.315 e. The van der Waals surface area contributed by atoms with E-state index in [2.05, 4.69) is 40.7 Å². The number of aromatic nitrogens is 1. The van der Waals surface area contributed by atoms with Crippen LogP contribution in [0.25, 0.3) is 10.9 Å². The number of rotatable bonds is 7. The summed E-state index contributed by atoms with van der Waals surface area (Å²) in [5, 5.41) is 15.9. The largest absolute Gasteiger partial charge is 0.394 e.